The number of nitrogens with zero attached hydrogens (tertiary/aromatic N) is 2. The van der Waals surface area contributed by atoms with Crippen LogP contribution in [0.15, 0.2) is 72.8 Å². The zero-order valence-electron chi connectivity index (χ0n) is 23.1. The summed E-state index contributed by atoms with van der Waals surface area (Å²) in [5, 5.41) is 3.50. The first-order valence-corrected chi connectivity index (χ1v) is 15.6. The molecule has 0 aromatic heterocycles. The summed E-state index contributed by atoms with van der Waals surface area (Å²) < 4.78 is 37.7. The lowest BCUT2D eigenvalue weighted by atomic mass is 10.0. The molecule has 0 unspecified atom stereocenters. The van der Waals surface area contributed by atoms with E-state index in [4.69, 9.17) is 21.1 Å². The van der Waals surface area contributed by atoms with Gasteiger partial charge < -0.3 is 19.7 Å². The number of rotatable bonds is 13. The second kappa shape index (κ2) is 13.7. The maximum Gasteiger partial charge on any atom is 0.244 e. The Hall–Kier alpha value is -3.76. The van der Waals surface area contributed by atoms with Gasteiger partial charge >= 0.3 is 0 Å². The number of amides is 2. The van der Waals surface area contributed by atoms with E-state index in [1.165, 1.54) is 11.0 Å². The Kier molecular flexibility index (Phi) is 10.1. The van der Waals surface area contributed by atoms with Crippen molar-refractivity contribution in [2.75, 3.05) is 30.4 Å². The number of carbonyl (C=O) groups excluding carboxylic acids is 2. The van der Waals surface area contributed by atoms with Crippen LogP contribution in [-0.2, 0) is 32.6 Å². The van der Waals surface area contributed by atoms with Crippen LogP contribution in [0.5, 0.6) is 11.5 Å². The first-order chi connectivity index (χ1) is 19.7. The molecule has 2 amide bonds. The van der Waals surface area contributed by atoms with Gasteiger partial charge in [-0.25, -0.2) is 8.42 Å². The molecule has 218 valence electrons. The number of ether oxygens (including phenoxy) is 2. The molecule has 1 aliphatic heterocycles. The second-order valence-electron chi connectivity index (χ2n) is 9.81. The Morgan fingerprint density at radius 1 is 0.976 bits per heavy atom. The van der Waals surface area contributed by atoms with Gasteiger partial charge in [0, 0.05) is 30.6 Å². The van der Waals surface area contributed by atoms with Gasteiger partial charge in [0.15, 0.2) is 11.5 Å². The van der Waals surface area contributed by atoms with Crippen molar-refractivity contribution in [3.8, 4) is 11.5 Å². The molecule has 1 N–H and O–H groups in total. The Balaban J connectivity index is 1.70. The Morgan fingerprint density at radius 2 is 1.68 bits per heavy atom. The summed E-state index contributed by atoms with van der Waals surface area (Å²) >= 11 is 6.09. The number of halogens is 1. The zero-order chi connectivity index (χ0) is 29.4. The van der Waals surface area contributed by atoms with Gasteiger partial charge in [-0.3, -0.25) is 13.9 Å². The van der Waals surface area contributed by atoms with E-state index in [0.29, 0.717) is 23.1 Å². The molecular weight excluding hydrogens is 566 g/mol. The molecule has 3 aromatic rings. The number of unbranched alkanes of at least 4 members (excludes halogenated alkanes) is 1. The lowest BCUT2D eigenvalue weighted by Gasteiger charge is -2.33. The van der Waals surface area contributed by atoms with Crippen molar-refractivity contribution in [1.29, 1.82) is 0 Å². The van der Waals surface area contributed by atoms with Gasteiger partial charge in [0.25, 0.3) is 0 Å². The van der Waals surface area contributed by atoms with E-state index in [9.17, 15) is 18.0 Å². The molecule has 3 aromatic carbocycles. The van der Waals surface area contributed by atoms with Crippen LogP contribution in [0, 0.1) is 0 Å². The first-order valence-electron chi connectivity index (χ1n) is 13.4. The third kappa shape index (κ3) is 8.14. The highest BCUT2D eigenvalue weighted by molar-refractivity contribution is 7.92. The summed E-state index contributed by atoms with van der Waals surface area (Å²) in [6, 6.07) is 20.2. The highest BCUT2D eigenvalue weighted by Gasteiger charge is 2.33. The number of hydrogen-bond acceptors (Lipinski definition) is 6. The van der Waals surface area contributed by atoms with Crippen molar-refractivity contribution < 1.29 is 27.5 Å². The van der Waals surface area contributed by atoms with E-state index in [0.717, 1.165) is 34.5 Å². The van der Waals surface area contributed by atoms with E-state index >= 15 is 0 Å². The topological polar surface area (TPSA) is 105 Å². The quantitative estimate of drug-likeness (QED) is 0.292. The number of fused-ring (bicyclic) bond motifs is 1. The first kappa shape index (κ1) is 30.2. The minimum atomic E-state index is -3.89. The average molecular weight is 600 g/mol. The molecule has 0 radical (unpaired) electrons. The van der Waals surface area contributed by atoms with Gasteiger partial charge in [-0.2, -0.15) is 0 Å². The lowest BCUT2D eigenvalue weighted by molar-refractivity contribution is -0.140. The number of anilines is 1. The number of benzene rings is 3. The Morgan fingerprint density at radius 3 is 2.37 bits per heavy atom. The van der Waals surface area contributed by atoms with Crippen molar-refractivity contribution in [1.82, 2.24) is 10.2 Å². The predicted octanol–water partition coefficient (Wildman–Crippen LogP) is 4.39. The van der Waals surface area contributed by atoms with E-state index in [1.54, 1.807) is 36.4 Å². The maximum absolute atomic E-state index is 14.1. The minimum absolute atomic E-state index is 0.0276. The molecular formula is C30H34ClN3O6S. The normalized spacial score (nSPS) is 13.0. The fraction of sp³-hybridized carbons (Fsp3) is 0.333. The number of carbonyl (C=O) groups is 2. The molecule has 4 rings (SSSR count). The molecule has 0 spiro atoms. The van der Waals surface area contributed by atoms with Gasteiger partial charge in [0.1, 0.15) is 12.6 Å². The standard InChI is InChI=1S/C30H34ClN3O6S/c1-3-4-16-32-30(36)26(17-22-8-6-5-7-9-22)33(19-23-10-12-24(31)13-11-23)29(35)20-34(41(2,37)38)25-14-15-27-28(18-25)40-21-39-27/h5-15,18,26H,3-4,16-17,19-21H2,1-2H3,(H,32,36)/t26-/m1/s1. The smallest absolute Gasteiger partial charge is 0.244 e. The summed E-state index contributed by atoms with van der Waals surface area (Å²) in [5.74, 6) is 0.0386. The summed E-state index contributed by atoms with van der Waals surface area (Å²) in [4.78, 5) is 29.2. The van der Waals surface area contributed by atoms with Crippen LogP contribution in [0.2, 0.25) is 5.02 Å². The molecule has 11 heteroatoms. The Labute approximate surface area is 246 Å². The number of hydrogen-bond donors (Lipinski definition) is 1. The van der Waals surface area contributed by atoms with Crippen molar-refractivity contribution in [2.24, 2.45) is 0 Å². The summed E-state index contributed by atoms with van der Waals surface area (Å²) in [6.45, 7) is 2.09. The van der Waals surface area contributed by atoms with Crippen LogP contribution in [-0.4, -0.2) is 57.3 Å². The fourth-order valence-electron chi connectivity index (χ4n) is 4.50. The van der Waals surface area contributed by atoms with Crippen LogP contribution >= 0.6 is 11.6 Å². The molecule has 1 aliphatic rings. The van der Waals surface area contributed by atoms with Gasteiger partial charge in [0.2, 0.25) is 28.6 Å². The summed E-state index contributed by atoms with van der Waals surface area (Å²) in [5.41, 5.74) is 1.87. The van der Waals surface area contributed by atoms with Crippen LogP contribution in [0.25, 0.3) is 0 Å². The average Bonchev–Trinajstić information content (AvgIpc) is 3.42. The van der Waals surface area contributed by atoms with E-state index in [2.05, 4.69) is 5.32 Å². The number of nitrogens with one attached hydrogen (secondary N) is 1. The van der Waals surface area contributed by atoms with Crippen molar-refractivity contribution in [3.63, 3.8) is 0 Å². The van der Waals surface area contributed by atoms with Crippen LogP contribution < -0.4 is 19.1 Å². The largest absolute Gasteiger partial charge is 0.454 e. The highest BCUT2D eigenvalue weighted by atomic mass is 35.5. The minimum Gasteiger partial charge on any atom is -0.454 e. The summed E-state index contributed by atoms with van der Waals surface area (Å²) in [7, 11) is -3.89. The molecule has 1 atom stereocenters. The summed E-state index contributed by atoms with van der Waals surface area (Å²) in [6.07, 6.45) is 2.98. The van der Waals surface area contributed by atoms with Gasteiger partial charge in [0.05, 0.1) is 11.9 Å². The van der Waals surface area contributed by atoms with E-state index in [1.807, 2.05) is 37.3 Å². The SMILES string of the molecule is CCCCNC(=O)[C@@H](Cc1ccccc1)N(Cc1ccc(Cl)cc1)C(=O)CN(c1ccc2c(c1)OCO2)S(C)(=O)=O. The third-order valence-corrected chi connectivity index (χ3v) is 8.08. The van der Waals surface area contributed by atoms with Gasteiger partial charge in [-0.1, -0.05) is 67.4 Å². The Bertz CT molecular complexity index is 1450. The van der Waals surface area contributed by atoms with Crippen LogP contribution in [0.1, 0.15) is 30.9 Å². The van der Waals surface area contributed by atoms with Crippen molar-refractivity contribution in [3.05, 3.63) is 88.9 Å². The van der Waals surface area contributed by atoms with Gasteiger partial charge in [-0.05, 0) is 41.8 Å². The van der Waals surface area contributed by atoms with Crippen LogP contribution in [0.3, 0.4) is 0 Å². The van der Waals surface area contributed by atoms with Crippen molar-refractivity contribution >= 4 is 39.1 Å². The number of sulfonamides is 1. The molecule has 0 aliphatic carbocycles. The molecule has 0 saturated carbocycles. The molecule has 0 saturated heterocycles. The van der Waals surface area contributed by atoms with Crippen LogP contribution in [0.4, 0.5) is 5.69 Å². The molecule has 1 heterocycles. The van der Waals surface area contributed by atoms with E-state index < -0.39 is 28.5 Å². The van der Waals surface area contributed by atoms with Gasteiger partial charge in [-0.15, -0.1) is 0 Å². The molecule has 9 nitrogen and oxygen atoms in total. The fourth-order valence-corrected chi connectivity index (χ4v) is 5.47. The maximum atomic E-state index is 14.1. The molecule has 41 heavy (non-hydrogen) atoms. The third-order valence-electron chi connectivity index (χ3n) is 6.69. The zero-order valence-corrected chi connectivity index (χ0v) is 24.7. The molecule has 0 bridgehead atoms. The van der Waals surface area contributed by atoms with Crippen molar-refractivity contribution in [2.45, 2.75) is 38.8 Å². The second-order valence-corrected chi connectivity index (χ2v) is 12.1. The molecule has 0 fully saturated rings. The predicted molar refractivity (Wildman–Crippen MR) is 159 cm³/mol. The monoisotopic (exact) mass is 599 g/mol. The highest BCUT2D eigenvalue weighted by Crippen LogP contribution is 2.36. The lowest BCUT2D eigenvalue weighted by Crippen LogP contribution is -2.53. The van der Waals surface area contributed by atoms with E-state index in [-0.39, 0.29) is 31.4 Å².